The zero-order valence-electron chi connectivity index (χ0n) is 12.5. The summed E-state index contributed by atoms with van der Waals surface area (Å²) < 4.78 is 0. The number of nitrogens with zero attached hydrogens (tertiary/aromatic N) is 3. The monoisotopic (exact) mass is 292 g/mol. The van der Waals surface area contributed by atoms with E-state index in [1.54, 1.807) is 6.20 Å². The van der Waals surface area contributed by atoms with Crippen LogP contribution in [0.3, 0.4) is 0 Å². The van der Waals surface area contributed by atoms with Crippen molar-refractivity contribution < 1.29 is 4.79 Å². The van der Waals surface area contributed by atoms with E-state index in [9.17, 15) is 4.79 Å². The minimum absolute atomic E-state index is 0.0963. The van der Waals surface area contributed by atoms with Gasteiger partial charge >= 0.3 is 0 Å². The third kappa shape index (κ3) is 1.75. The van der Waals surface area contributed by atoms with E-state index >= 15 is 0 Å². The molecule has 3 aromatic rings. The van der Waals surface area contributed by atoms with Gasteiger partial charge < -0.3 is 9.88 Å². The molecule has 1 atom stereocenters. The molecule has 0 saturated carbocycles. The number of rotatable bonds is 2. The second-order valence-electron chi connectivity index (χ2n) is 5.53. The van der Waals surface area contributed by atoms with Crippen LogP contribution in [0.4, 0.5) is 5.69 Å². The third-order valence-corrected chi connectivity index (χ3v) is 4.25. The predicted octanol–water partition coefficient (Wildman–Crippen LogP) is 3.09. The number of hydrogen-bond donors (Lipinski definition) is 1. The third-order valence-electron chi connectivity index (χ3n) is 4.25. The summed E-state index contributed by atoms with van der Waals surface area (Å²) in [4.78, 5) is 26.3. The lowest BCUT2D eigenvalue weighted by molar-refractivity contribution is -0.118. The van der Waals surface area contributed by atoms with Gasteiger partial charge in [-0.3, -0.25) is 9.78 Å². The molecule has 4 rings (SSSR count). The molecule has 0 saturated heterocycles. The number of aromatic amines is 1. The van der Waals surface area contributed by atoms with Crippen LogP contribution in [0, 0.1) is 0 Å². The van der Waals surface area contributed by atoms with E-state index in [1.807, 2.05) is 49.1 Å². The van der Waals surface area contributed by atoms with E-state index in [1.165, 1.54) is 0 Å². The lowest BCUT2D eigenvalue weighted by Gasteiger charge is -2.14. The van der Waals surface area contributed by atoms with Gasteiger partial charge in [-0.05, 0) is 43.7 Å². The highest BCUT2D eigenvalue weighted by Crippen LogP contribution is 2.39. The van der Waals surface area contributed by atoms with Crippen LogP contribution in [0.1, 0.15) is 25.3 Å². The lowest BCUT2D eigenvalue weighted by atomic mass is 10.0. The van der Waals surface area contributed by atoms with Crippen molar-refractivity contribution in [2.24, 2.45) is 0 Å². The molecule has 22 heavy (non-hydrogen) atoms. The highest BCUT2D eigenvalue weighted by atomic mass is 16.2. The van der Waals surface area contributed by atoms with Gasteiger partial charge in [0.2, 0.25) is 5.91 Å². The minimum atomic E-state index is -0.0963. The smallest absolute Gasteiger partial charge is 0.234 e. The predicted molar refractivity (Wildman–Crippen MR) is 85.8 cm³/mol. The topological polar surface area (TPSA) is 61.9 Å². The van der Waals surface area contributed by atoms with Crippen LogP contribution in [0.2, 0.25) is 0 Å². The summed E-state index contributed by atoms with van der Waals surface area (Å²) in [5, 5.41) is 0. The van der Waals surface area contributed by atoms with Crippen LogP contribution in [0.25, 0.3) is 22.6 Å². The van der Waals surface area contributed by atoms with Crippen LogP contribution in [0.15, 0.2) is 36.5 Å². The molecule has 5 nitrogen and oxygen atoms in total. The molecule has 2 aromatic heterocycles. The molecular weight excluding hydrogens is 276 g/mol. The summed E-state index contributed by atoms with van der Waals surface area (Å²) in [6.07, 6.45) is 1.75. The number of fused-ring (bicyclic) bond motifs is 2. The molecule has 3 heterocycles. The Hall–Kier alpha value is -2.69. The van der Waals surface area contributed by atoms with Crippen LogP contribution in [-0.2, 0) is 4.79 Å². The maximum atomic E-state index is 12.3. The van der Waals surface area contributed by atoms with E-state index in [0.29, 0.717) is 6.54 Å². The molecule has 0 radical (unpaired) electrons. The number of H-pyrrole nitrogens is 1. The standard InChI is InChI=1S/C17H16N4O/c1-3-21-15-9-14-13(8-11(15)10(2)17(21)22)19-16(20-14)12-6-4-5-7-18-12/h4-10H,3H2,1-2H3,(H,19,20). The fraction of sp³-hybridized carbons (Fsp3) is 0.235. The summed E-state index contributed by atoms with van der Waals surface area (Å²) in [7, 11) is 0. The maximum Gasteiger partial charge on any atom is 0.234 e. The number of amides is 1. The Labute approximate surface area is 128 Å². The number of likely N-dealkylation sites (N-methyl/N-ethyl adjacent to an activating group) is 1. The summed E-state index contributed by atoms with van der Waals surface area (Å²) in [5.74, 6) is 0.817. The van der Waals surface area contributed by atoms with Crippen molar-refractivity contribution in [2.75, 3.05) is 11.4 Å². The number of hydrogen-bond acceptors (Lipinski definition) is 3. The number of carbonyl (C=O) groups is 1. The molecule has 5 heteroatoms. The molecule has 0 aliphatic carbocycles. The molecule has 0 spiro atoms. The van der Waals surface area contributed by atoms with Crippen molar-refractivity contribution in [2.45, 2.75) is 19.8 Å². The van der Waals surface area contributed by atoms with Gasteiger partial charge in [-0.1, -0.05) is 6.07 Å². The fourth-order valence-corrected chi connectivity index (χ4v) is 3.08. The van der Waals surface area contributed by atoms with Crippen molar-refractivity contribution in [3.05, 3.63) is 42.1 Å². The summed E-state index contributed by atoms with van der Waals surface area (Å²) >= 11 is 0. The molecular formula is C17H16N4O. The Morgan fingerprint density at radius 2 is 2.18 bits per heavy atom. The Morgan fingerprint density at radius 1 is 1.32 bits per heavy atom. The lowest BCUT2D eigenvalue weighted by Crippen LogP contribution is -2.27. The van der Waals surface area contributed by atoms with Gasteiger partial charge in [0.25, 0.3) is 0 Å². The number of carbonyl (C=O) groups excluding carboxylic acids is 1. The number of pyridine rings is 1. The molecule has 0 fully saturated rings. The van der Waals surface area contributed by atoms with Gasteiger partial charge in [0.1, 0.15) is 5.69 Å². The largest absolute Gasteiger partial charge is 0.337 e. The molecule has 1 amide bonds. The molecule has 1 unspecified atom stereocenters. The first-order chi connectivity index (χ1) is 10.7. The van der Waals surface area contributed by atoms with Crippen LogP contribution in [0.5, 0.6) is 0 Å². The van der Waals surface area contributed by atoms with Gasteiger partial charge in [0.15, 0.2) is 5.82 Å². The van der Waals surface area contributed by atoms with E-state index in [2.05, 4.69) is 15.0 Å². The molecule has 1 aliphatic heterocycles. The van der Waals surface area contributed by atoms with Gasteiger partial charge in [0, 0.05) is 18.4 Å². The van der Waals surface area contributed by atoms with Crippen molar-refractivity contribution in [1.82, 2.24) is 15.0 Å². The zero-order valence-corrected chi connectivity index (χ0v) is 12.5. The van der Waals surface area contributed by atoms with E-state index in [0.717, 1.165) is 33.8 Å². The molecule has 0 bridgehead atoms. The van der Waals surface area contributed by atoms with Gasteiger partial charge in [-0.2, -0.15) is 0 Å². The van der Waals surface area contributed by atoms with Crippen LogP contribution >= 0.6 is 0 Å². The average molecular weight is 292 g/mol. The van der Waals surface area contributed by atoms with Crippen LogP contribution < -0.4 is 4.90 Å². The van der Waals surface area contributed by atoms with Crippen molar-refractivity contribution in [3.63, 3.8) is 0 Å². The van der Waals surface area contributed by atoms with Gasteiger partial charge in [0.05, 0.1) is 17.0 Å². The van der Waals surface area contributed by atoms with E-state index < -0.39 is 0 Å². The Morgan fingerprint density at radius 3 is 2.91 bits per heavy atom. The maximum absolute atomic E-state index is 12.3. The molecule has 110 valence electrons. The first-order valence-corrected chi connectivity index (χ1v) is 7.45. The van der Waals surface area contributed by atoms with Gasteiger partial charge in [-0.15, -0.1) is 0 Å². The molecule has 1 aromatic carbocycles. The highest BCUT2D eigenvalue weighted by Gasteiger charge is 2.33. The number of nitrogens with one attached hydrogen (secondary N) is 1. The van der Waals surface area contributed by atoms with Crippen LogP contribution in [-0.4, -0.2) is 27.4 Å². The Balaban J connectivity index is 1.89. The van der Waals surface area contributed by atoms with Gasteiger partial charge in [-0.25, -0.2) is 4.98 Å². The van der Waals surface area contributed by atoms with E-state index in [-0.39, 0.29) is 11.8 Å². The number of imidazole rings is 1. The number of anilines is 1. The highest BCUT2D eigenvalue weighted by molar-refractivity contribution is 6.06. The summed E-state index contributed by atoms with van der Waals surface area (Å²) in [6, 6.07) is 9.79. The molecule has 1 N–H and O–H groups in total. The number of benzene rings is 1. The van der Waals surface area contributed by atoms with Crippen molar-refractivity contribution in [3.8, 4) is 11.5 Å². The van der Waals surface area contributed by atoms with Crippen molar-refractivity contribution >= 4 is 22.6 Å². The first-order valence-electron chi connectivity index (χ1n) is 7.45. The van der Waals surface area contributed by atoms with Crippen molar-refractivity contribution in [1.29, 1.82) is 0 Å². The quantitative estimate of drug-likeness (QED) is 0.789. The van der Waals surface area contributed by atoms with E-state index in [4.69, 9.17) is 0 Å². The Kier molecular flexibility index (Phi) is 2.76. The zero-order chi connectivity index (χ0) is 15.3. The number of aromatic nitrogens is 3. The first kappa shape index (κ1) is 13.0. The second kappa shape index (κ2) is 4.66. The fourth-order valence-electron chi connectivity index (χ4n) is 3.08. The summed E-state index contributed by atoms with van der Waals surface area (Å²) in [6.45, 7) is 4.63. The normalized spacial score (nSPS) is 17.3. The Bertz CT molecular complexity index is 869. The average Bonchev–Trinajstić information content (AvgIpc) is 3.06. The summed E-state index contributed by atoms with van der Waals surface area (Å²) in [5.41, 5.74) is 4.66. The molecule has 1 aliphatic rings. The SMILES string of the molecule is CCN1C(=O)C(C)c2cc3[nH]c(-c4ccccn4)nc3cc21. The second-order valence-corrected chi connectivity index (χ2v) is 5.53. The minimum Gasteiger partial charge on any atom is -0.337 e.